The van der Waals surface area contributed by atoms with Crippen LogP contribution in [0.2, 0.25) is 0 Å². The van der Waals surface area contributed by atoms with Crippen molar-refractivity contribution in [3.63, 3.8) is 0 Å². The van der Waals surface area contributed by atoms with Crippen LogP contribution in [0.15, 0.2) is 35.5 Å². The molecule has 0 saturated heterocycles. The Hall–Kier alpha value is -3.03. The largest absolute Gasteiger partial charge is 0.497 e. The quantitative estimate of drug-likeness (QED) is 0.680. The van der Waals surface area contributed by atoms with Crippen LogP contribution in [-0.2, 0) is 19.1 Å². The zero-order valence-electron chi connectivity index (χ0n) is 16.7. The molecule has 1 aliphatic carbocycles. The number of amides is 2. The SMILES string of the molecule is CCOC(=O)C1=C(COC(=O)C2CCCC2)NC(=O)NC1c1ccc(OC)cc1. The number of carbonyl (C=O) groups is 3. The maximum Gasteiger partial charge on any atom is 0.338 e. The van der Waals surface area contributed by atoms with Gasteiger partial charge in [0, 0.05) is 0 Å². The molecule has 1 heterocycles. The summed E-state index contributed by atoms with van der Waals surface area (Å²) in [5, 5.41) is 5.34. The van der Waals surface area contributed by atoms with Crippen LogP contribution in [0.3, 0.4) is 0 Å². The number of hydrogen-bond acceptors (Lipinski definition) is 6. The van der Waals surface area contributed by atoms with Crippen LogP contribution >= 0.6 is 0 Å². The first-order chi connectivity index (χ1) is 14.0. The molecule has 2 amide bonds. The minimum atomic E-state index is -0.728. The van der Waals surface area contributed by atoms with E-state index < -0.39 is 18.0 Å². The highest BCUT2D eigenvalue weighted by Gasteiger charge is 2.34. The number of esters is 2. The molecule has 1 aliphatic heterocycles. The van der Waals surface area contributed by atoms with Gasteiger partial charge in [-0.2, -0.15) is 0 Å². The minimum absolute atomic E-state index is 0.114. The van der Waals surface area contributed by atoms with E-state index in [-0.39, 0.29) is 36.4 Å². The summed E-state index contributed by atoms with van der Waals surface area (Å²) < 4.78 is 15.8. The molecule has 1 atom stereocenters. The third kappa shape index (κ3) is 4.88. The van der Waals surface area contributed by atoms with E-state index in [1.807, 2.05) is 0 Å². The summed E-state index contributed by atoms with van der Waals surface area (Å²) in [4.78, 5) is 37.2. The molecule has 3 rings (SSSR count). The van der Waals surface area contributed by atoms with Crippen molar-refractivity contribution in [3.05, 3.63) is 41.1 Å². The van der Waals surface area contributed by atoms with Crippen molar-refractivity contribution < 1.29 is 28.6 Å². The molecule has 0 radical (unpaired) electrons. The third-order valence-corrected chi connectivity index (χ3v) is 5.15. The van der Waals surface area contributed by atoms with Crippen LogP contribution in [0.25, 0.3) is 0 Å². The van der Waals surface area contributed by atoms with Crippen molar-refractivity contribution in [2.75, 3.05) is 20.3 Å². The average molecular weight is 402 g/mol. The fourth-order valence-corrected chi connectivity index (χ4v) is 3.65. The third-order valence-electron chi connectivity index (χ3n) is 5.15. The molecular weight excluding hydrogens is 376 g/mol. The van der Waals surface area contributed by atoms with E-state index in [1.165, 1.54) is 0 Å². The molecule has 2 N–H and O–H groups in total. The van der Waals surface area contributed by atoms with Crippen molar-refractivity contribution in [1.82, 2.24) is 10.6 Å². The number of benzene rings is 1. The second kappa shape index (κ2) is 9.45. The normalized spacial score (nSPS) is 19.4. The fourth-order valence-electron chi connectivity index (χ4n) is 3.65. The second-order valence-electron chi connectivity index (χ2n) is 7.01. The Labute approximate surface area is 169 Å². The zero-order valence-corrected chi connectivity index (χ0v) is 16.7. The van der Waals surface area contributed by atoms with Crippen LogP contribution in [0.4, 0.5) is 4.79 Å². The standard InChI is InChI=1S/C21H26N2O6/c1-3-28-20(25)17-16(12-29-19(24)14-6-4-5-7-14)22-21(26)23-18(17)13-8-10-15(27-2)11-9-13/h8-11,14,18H,3-7,12H2,1-2H3,(H2,22,23,26). The molecule has 2 aliphatic rings. The Morgan fingerprint density at radius 3 is 2.41 bits per heavy atom. The number of carbonyl (C=O) groups excluding carboxylic acids is 3. The Bertz CT molecular complexity index is 796. The molecule has 1 aromatic carbocycles. The Morgan fingerprint density at radius 1 is 1.10 bits per heavy atom. The van der Waals surface area contributed by atoms with Crippen molar-refractivity contribution in [2.45, 2.75) is 38.6 Å². The molecule has 1 fully saturated rings. The summed E-state index contributed by atoms with van der Waals surface area (Å²) in [6, 6.07) is 5.80. The second-order valence-corrected chi connectivity index (χ2v) is 7.01. The predicted octanol–water partition coefficient (Wildman–Crippen LogP) is 2.60. The zero-order chi connectivity index (χ0) is 20.8. The Kier molecular flexibility index (Phi) is 6.74. The summed E-state index contributed by atoms with van der Waals surface area (Å²) in [7, 11) is 1.56. The van der Waals surface area contributed by atoms with Gasteiger partial charge in [-0.25, -0.2) is 9.59 Å². The molecule has 0 spiro atoms. The highest BCUT2D eigenvalue weighted by Crippen LogP contribution is 2.30. The topological polar surface area (TPSA) is 103 Å². The monoisotopic (exact) mass is 402 g/mol. The van der Waals surface area contributed by atoms with Crippen molar-refractivity contribution in [1.29, 1.82) is 0 Å². The molecule has 156 valence electrons. The molecule has 1 saturated carbocycles. The van der Waals surface area contributed by atoms with E-state index >= 15 is 0 Å². The van der Waals surface area contributed by atoms with E-state index in [9.17, 15) is 14.4 Å². The molecule has 1 unspecified atom stereocenters. The number of nitrogens with one attached hydrogen (secondary N) is 2. The van der Waals surface area contributed by atoms with Gasteiger partial charge >= 0.3 is 18.0 Å². The van der Waals surface area contributed by atoms with Gasteiger partial charge in [0.1, 0.15) is 12.4 Å². The van der Waals surface area contributed by atoms with Crippen molar-refractivity contribution in [3.8, 4) is 5.75 Å². The fraction of sp³-hybridized carbons (Fsp3) is 0.476. The van der Waals surface area contributed by atoms with Crippen molar-refractivity contribution in [2.24, 2.45) is 5.92 Å². The first kappa shape index (κ1) is 20.7. The summed E-state index contributed by atoms with van der Waals surface area (Å²) >= 11 is 0. The maximum absolute atomic E-state index is 12.7. The number of rotatable bonds is 7. The van der Waals surface area contributed by atoms with Gasteiger partial charge in [0.15, 0.2) is 0 Å². The highest BCUT2D eigenvalue weighted by molar-refractivity contribution is 5.95. The van der Waals surface area contributed by atoms with Gasteiger partial charge in [0.25, 0.3) is 0 Å². The van der Waals surface area contributed by atoms with E-state index in [1.54, 1.807) is 38.3 Å². The van der Waals surface area contributed by atoms with Gasteiger partial charge in [-0.3, -0.25) is 4.79 Å². The minimum Gasteiger partial charge on any atom is -0.497 e. The average Bonchev–Trinajstić information content (AvgIpc) is 3.26. The van der Waals surface area contributed by atoms with Gasteiger partial charge in [-0.1, -0.05) is 25.0 Å². The molecule has 29 heavy (non-hydrogen) atoms. The van der Waals surface area contributed by atoms with Gasteiger partial charge < -0.3 is 24.8 Å². The Balaban J connectivity index is 1.88. The highest BCUT2D eigenvalue weighted by atomic mass is 16.5. The summed E-state index contributed by atoms with van der Waals surface area (Å²) in [6.07, 6.45) is 3.64. The number of methoxy groups -OCH3 is 1. The first-order valence-electron chi connectivity index (χ1n) is 9.81. The van der Waals surface area contributed by atoms with E-state index in [4.69, 9.17) is 14.2 Å². The summed E-state index contributed by atoms with van der Waals surface area (Å²) in [5.74, 6) is -0.336. The van der Waals surface area contributed by atoms with Gasteiger partial charge in [-0.15, -0.1) is 0 Å². The number of hydrogen-bond donors (Lipinski definition) is 2. The maximum atomic E-state index is 12.7. The van der Waals surface area contributed by atoms with Crippen molar-refractivity contribution >= 4 is 18.0 Å². The van der Waals surface area contributed by atoms with Gasteiger partial charge in [-0.05, 0) is 37.5 Å². The van der Waals surface area contributed by atoms with Crippen LogP contribution < -0.4 is 15.4 Å². The predicted molar refractivity (Wildman–Crippen MR) is 104 cm³/mol. The van der Waals surface area contributed by atoms with Gasteiger partial charge in [0.05, 0.1) is 36.9 Å². The lowest BCUT2D eigenvalue weighted by Crippen LogP contribution is -2.47. The van der Waals surface area contributed by atoms with Crippen LogP contribution in [0, 0.1) is 5.92 Å². The van der Waals surface area contributed by atoms with Gasteiger partial charge in [0.2, 0.25) is 0 Å². The molecule has 8 nitrogen and oxygen atoms in total. The van der Waals surface area contributed by atoms with E-state index in [2.05, 4.69) is 10.6 Å². The van der Waals surface area contributed by atoms with Crippen LogP contribution in [-0.4, -0.2) is 38.3 Å². The number of ether oxygens (including phenoxy) is 3. The lowest BCUT2D eigenvalue weighted by molar-refractivity contribution is -0.147. The van der Waals surface area contributed by atoms with E-state index in [0.29, 0.717) is 11.3 Å². The lowest BCUT2D eigenvalue weighted by atomic mass is 9.95. The van der Waals surface area contributed by atoms with E-state index in [0.717, 1.165) is 25.7 Å². The smallest absolute Gasteiger partial charge is 0.338 e. The molecule has 0 aromatic heterocycles. The number of urea groups is 1. The van der Waals surface area contributed by atoms with Crippen LogP contribution in [0.1, 0.15) is 44.2 Å². The summed E-state index contributed by atoms with van der Waals surface area (Å²) in [5.41, 5.74) is 1.14. The molecule has 8 heteroatoms. The summed E-state index contributed by atoms with van der Waals surface area (Å²) in [6.45, 7) is 1.69. The molecule has 0 bridgehead atoms. The molecule has 1 aromatic rings. The Morgan fingerprint density at radius 2 is 1.79 bits per heavy atom. The lowest BCUT2D eigenvalue weighted by Gasteiger charge is -2.29. The van der Waals surface area contributed by atoms with Crippen LogP contribution in [0.5, 0.6) is 5.75 Å². The first-order valence-corrected chi connectivity index (χ1v) is 9.81. The molecular formula is C21H26N2O6.